The molecule has 0 atom stereocenters. The van der Waals surface area contributed by atoms with Crippen molar-refractivity contribution in [3.63, 3.8) is 0 Å². The van der Waals surface area contributed by atoms with Gasteiger partial charge >= 0.3 is 0 Å². The third kappa shape index (κ3) is 3.36. The summed E-state index contributed by atoms with van der Waals surface area (Å²) in [5, 5.41) is 10.9. The fourth-order valence-electron chi connectivity index (χ4n) is 1.11. The monoisotopic (exact) mass is 216 g/mol. The lowest BCUT2D eigenvalue weighted by molar-refractivity contribution is -0.0372. The van der Waals surface area contributed by atoms with Crippen LogP contribution >= 0.6 is 0 Å². The van der Waals surface area contributed by atoms with Gasteiger partial charge in [0, 0.05) is 11.4 Å². The van der Waals surface area contributed by atoms with Crippen LogP contribution in [0.2, 0.25) is 0 Å². The van der Waals surface area contributed by atoms with E-state index in [1.54, 1.807) is 25.1 Å². The van der Waals surface area contributed by atoms with Crippen molar-refractivity contribution in [3.8, 4) is 0 Å². The van der Waals surface area contributed by atoms with E-state index in [9.17, 15) is 8.78 Å². The summed E-state index contributed by atoms with van der Waals surface area (Å²) in [5.74, 6) is -3.11. The van der Waals surface area contributed by atoms with Crippen LogP contribution < -0.4 is 11.1 Å². The van der Waals surface area contributed by atoms with Crippen molar-refractivity contribution in [2.45, 2.75) is 12.8 Å². The number of rotatable bonds is 4. The molecule has 0 aromatic heterocycles. The van der Waals surface area contributed by atoms with Gasteiger partial charge in [0.2, 0.25) is 0 Å². The SMILES string of the molecule is Cc1ccc(N)cc1NCC(F)(F)CO. The van der Waals surface area contributed by atoms with Crippen LogP contribution in [0.3, 0.4) is 0 Å². The van der Waals surface area contributed by atoms with Crippen molar-refractivity contribution >= 4 is 11.4 Å². The Labute approximate surface area is 86.9 Å². The van der Waals surface area contributed by atoms with E-state index in [1.165, 1.54) is 0 Å². The molecular weight excluding hydrogens is 202 g/mol. The molecule has 0 bridgehead atoms. The molecule has 5 heteroatoms. The van der Waals surface area contributed by atoms with Gasteiger partial charge in [-0.3, -0.25) is 0 Å². The molecule has 0 spiro atoms. The normalized spacial score (nSPS) is 11.5. The van der Waals surface area contributed by atoms with Gasteiger partial charge < -0.3 is 16.2 Å². The van der Waals surface area contributed by atoms with Crippen molar-refractivity contribution < 1.29 is 13.9 Å². The smallest absolute Gasteiger partial charge is 0.287 e. The molecule has 1 aromatic rings. The van der Waals surface area contributed by atoms with Gasteiger partial charge in [-0.1, -0.05) is 6.07 Å². The molecule has 0 amide bonds. The van der Waals surface area contributed by atoms with E-state index < -0.39 is 19.1 Å². The summed E-state index contributed by atoms with van der Waals surface area (Å²) in [6.45, 7) is 0.0218. The zero-order chi connectivity index (χ0) is 11.5. The molecule has 0 aliphatic carbocycles. The summed E-state index contributed by atoms with van der Waals surface area (Å²) >= 11 is 0. The number of alkyl halides is 2. The number of anilines is 2. The number of nitrogens with two attached hydrogens (primary N) is 1. The molecule has 1 rings (SSSR count). The topological polar surface area (TPSA) is 58.3 Å². The Morgan fingerprint density at radius 2 is 2.13 bits per heavy atom. The fraction of sp³-hybridized carbons (Fsp3) is 0.400. The molecule has 15 heavy (non-hydrogen) atoms. The van der Waals surface area contributed by atoms with Crippen LogP contribution in [-0.2, 0) is 0 Å². The average Bonchev–Trinajstić information content (AvgIpc) is 2.20. The predicted octanol–water partition coefficient (Wildman–Crippen LogP) is 1.62. The molecule has 1 aromatic carbocycles. The van der Waals surface area contributed by atoms with Gasteiger partial charge in [0.1, 0.15) is 6.61 Å². The number of aliphatic hydroxyl groups excluding tert-OH is 1. The second-order valence-corrected chi connectivity index (χ2v) is 3.44. The number of benzene rings is 1. The highest BCUT2D eigenvalue weighted by molar-refractivity contribution is 5.59. The lowest BCUT2D eigenvalue weighted by atomic mass is 10.2. The Morgan fingerprint density at radius 3 is 2.73 bits per heavy atom. The van der Waals surface area contributed by atoms with Gasteiger partial charge in [-0.05, 0) is 24.6 Å². The summed E-state index contributed by atoms with van der Waals surface area (Å²) in [6.07, 6.45) is 0. The molecule has 0 aliphatic rings. The van der Waals surface area contributed by atoms with Gasteiger partial charge in [0.15, 0.2) is 0 Å². The quantitative estimate of drug-likeness (QED) is 0.670. The second kappa shape index (κ2) is 4.44. The number of hydrogen-bond donors (Lipinski definition) is 3. The van der Waals surface area contributed by atoms with Crippen LogP contribution in [0.4, 0.5) is 20.2 Å². The van der Waals surface area contributed by atoms with E-state index in [0.717, 1.165) is 5.56 Å². The van der Waals surface area contributed by atoms with Crippen LogP contribution in [0, 0.1) is 6.92 Å². The standard InChI is InChI=1S/C10H14F2N2O/c1-7-2-3-8(13)4-9(7)14-5-10(11,12)6-15/h2-4,14-15H,5-6,13H2,1H3. The maximum atomic E-state index is 12.7. The van der Waals surface area contributed by atoms with E-state index in [2.05, 4.69) is 5.32 Å². The van der Waals surface area contributed by atoms with Gasteiger partial charge in [-0.15, -0.1) is 0 Å². The Kier molecular flexibility index (Phi) is 3.47. The lowest BCUT2D eigenvalue weighted by Gasteiger charge is -2.16. The van der Waals surface area contributed by atoms with Crippen LogP contribution in [0.15, 0.2) is 18.2 Å². The maximum absolute atomic E-state index is 12.7. The van der Waals surface area contributed by atoms with Crippen molar-refractivity contribution in [3.05, 3.63) is 23.8 Å². The molecule has 0 fully saturated rings. The van der Waals surface area contributed by atoms with E-state index in [1.807, 2.05) is 0 Å². The minimum absolute atomic E-state index is 0.510. The summed E-state index contributed by atoms with van der Waals surface area (Å²) in [6, 6.07) is 5.03. The van der Waals surface area contributed by atoms with Gasteiger partial charge in [0.25, 0.3) is 5.92 Å². The molecule has 0 aliphatic heterocycles. The number of aryl methyl sites for hydroxylation is 1. The number of nitrogen functional groups attached to an aromatic ring is 1. The summed E-state index contributed by atoms with van der Waals surface area (Å²) in [4.78, 5) is 0. The van der Waals surface area contributed by atoms with Crippen LogP contribution in [-0.4, -0.2) is 24.2 Å². The third-order valence-corrected chi connectivity index (χ3v) is 2.03. The number of nitrogens with one attached hydrogen (secondary N) is 1. The first-order valence-corrected chi connectivity index (χ1v) is 4.53. The molecule has 4 N–H and O–H groups in total. The summed E-state index contributed by atoms with van der Waals surface area (Å²) in [5.41, 5.74) is 7.42. The van der Waals surface area contributed by atoms with Crippen LogP contribution in [0.25, 0.3) is 0 Å². The van der Waals surface area contributed by atoms with Gasteiger partial charge in [-0.25, -0.2) is 8.78 Å². The molecule has 0 saturated carbocycles. The largest absolute Gasteiger partial charge is 0.399 e. The van der Waals surface area contributed by atoms with E-state index >= 15 is 0 Å². The van der Waals surface area contributed by atoms with Gasteiger partial charge in [-0.2, -0.15) is 0 Å². The molecule has 0 radical (unpaired) electrons. The lowest BCUT2D eigenvalue weighted by Crippen LogP contribution is -2.31. The minimum atomic E-state index is -3.11. The van der Waals surface area contributed by atoms with Gasteiger partial charge in [0.05, 0.1) is 6.54 Å². The Balaban J connectivity index is 2.69. The average molecular weight is 216 g/mol. The first kappa shape index (κ1) is 11.7. The number of halogens is 2. The fourth-order valence-corrected chi connectivity index (χ4v) is 1.11. The molecule has 0 unspecified atom stereocenters. The van der Waals surface area contributed by atoms with Crippen molar-refractivity contribution in [1.82, 2.24) is 0 Å². The van der Waals surface area contributed by atoms with Crippen LogP contribution in [0.5, 0.6) is 0 Å². The van der Waals surface area contributed by atoms with Crippen molar-refractivity contribution in [2.24, 2.45) is 0 Å². The molecule has 84 valence electrons. The Morgan fingerprint density at radius 1 is 1.47 bits per heavy atom. The molecule has 0 heterocycles. The molecule has 3 nitrogen and oxygen atoms in total. The predicted molar refractivity (Wildman–Crippen MR) is 56.1 cm³/mol. The maximum Gasteiger partial charge on any atom is 0.287 e. The highest BCUT2D eigenvalue weighted by Crippen LogP contribution is 2.20. The first-order valence-electron chi connectivity index (χ1n) is 4.53. The highest BCUT2D eigenvalue weighted by atomic mass is 19.3. The van der Waals surface area contributed by atoms with E-state index in [-0.39, 0.29) is 0 Å². The van der Waals surface area contributed by atoms with Crippen molar-refractivity contribution in [1.29, 1.82) is 0 Å². The molecular formula is C10H14F2N2O. The Bertz CT molecular complexity index is 342. The first-order chi connectivity index (χ1) is 6.94. The van der Waals surface area contributed by atoms with E-state index in [0.29, 0.717) is 11.4 Å². The zero-order valence-electron chi connectivity index (χ0n) is 8.43. The third-order valence-electron chi connectivity index (χ3n) is 2.03. The summed E-state index contributed by atoms with van der Waals surface area (Å²) < 4.78 is 25.5. The number of hydrogen-bond acceptors (Lipinski definition) is 3. The van der Waals surface area contributed by atoms with Crippen LogP contribution in [0.1, 0.15) is 5.56 Å². The second-order valence-electron chi connectivity index (χ2n) is 3.44. The van der Waals surface area contributed by atoms with Crippen molar-refractivity contribution in [2.75, 3.05) is 24.2 Å². The highest BCUT2D eigenvalue weighted by Gasteiger charge is 2.27. The Hall–Kier alpha value is -1.36. The summed E-state index contributed by atoms with van der Waals surface area (Å²) in [7, 11) is 0. The molecule has 0 saturated heterocycles. The van der Waals surface area contributed by atoms with E-state index in [4.69, 9.17) is 10.8 Å². The minimum Gasteiger partial charge on any atom is -0.399 e. The number of aliphatic hydroxyl groups is 1. The zero-order valence-corrected chi connectivity index (χ0v) is 8.43.